The minimum absolute atomic E-state index is 0.101. The van der Waals surface area contributed by atoms with Gasteiger partial charge >= 0.3 is 0 Å². The number of benzene rings is 1. The molecule has 0 aliphatic rings. The van der Waals surface area contributed by atoms with Crippen LogP contribution in [0.5, 0.6) is 0 Å². The van der Waals surface area contributed by atoms with E-state index in [0.29, 0.717) is 18.0 Å². The van der Waals surface area contributed by atoms with E-state index in [1.54, 1.807) is 6.92 Å². The number of hydrogen-bond acceptors (Lipinski definition) is 4. The molecule has 0 aliphatic carbocycles. The first-order valence-corrected chi connectivity index (χ1v) is 8.92. The van der Waals surface area contributed by atoms with Crippen LogP contribution >= 0.6 is 0 Å². The van der Waals surface area contributed by atoms with Crippen LogP contribution in [0.15, 0.2) is 35.6 Å². The number of aromatic nitrogens is 2. The number of hydrogen-bond donors (Lipinski definition) is 2. The van der Waals surface area contributed by atoms with Gasteiger partial charge in [0.2, 0.25) is 5.91 Å². The molecule has 0 aliphatic heterocycles. The van der Waals surface area contributed by atoms with E-state index in [0.717, 1.165) is 5.56 Å². The average Bonchev–Trinajstić information content (AvgIpc) is 2.92. The number of amides is 1. The number of sulfonamides is 1. The molecule has 2 rings (SSSR count). The first-order valence-electron chi connectivity index (χ1n) is 7.44. The van der Waals surface area contributed by atoms with Crippen LogP contribution < -0.4 is 4.72 Å². The Hall–Kier alpha value is -2.15. The Labute approximate surface area is 136 Å². The molecule has 7 heteroatoms. The van der Waals surface area contributed by atoms with E-state index in [1.807, 2.05) is 24.3 Å². The van der Waals surface area contributed by atoms with Crippen molar-refractivity contribution in [3.8, 4) is 0 Å². The molecular weight excluding hydrogens is 314 g/mol. The molecule has 23 heavy (non-hydrogen) atoms. The molecule has 0 fully saturated rings. The monoisotopic (exact) mass is 335 g/mol. The largest absolute Gasteiger partial charge is 0.348 e. The molecule has 0 radical (unpaired) electrons. The van der Waals surface area contributed by atoms with Gasteiger partial charge in [-0.1, -0.05) is 38.1 Å². The van der Waals surface area contributed by atoms with Crippen molar-refractivity contribution < 1.29 is 13.2 Å². The van der Waals surface area contributed by atoms with Crippen LogP contribution in [0.3, 0.4) is 0 Å². The lowest BCUT2D eigenvalue weighted by Gasteiger charge is -2.08. The molecule has 2 N–H and O–H groups in total. The molecule has 0 saturated carbocycles. The van der Waals surface area contributed by atoms with Crippen molar-refractivity contribution in [3.63, 3.8) is 0 Å². The Morgan fingerprint density at radius 3 is 2.43 bits per heavy atom. The fraction of sp³-hybridized carbons (Fsp3) is 0.375. The summed E-state index contributed by atoms with van der Waals surface area (Å²) in [5.41, 5.74) is 2.63. The molecule has 124 valence electrons. The molecule has 0 unspecified atom stereocenters. The Morgan fingerprint density at radius 1 is 1.26 bits per heavy atom. The van der Waals surface area contributed by atoms with Gasteiger partial charge in [0, 0.05) is 6.42 Å². The van der Waals surface area contributed by atoms with Crippen LogP contribution in [0, 0.1) is 6.92 Å². The van der Waals surface area contributed by atoms with Gasteiger partial charge in [-0.25, -0.2) is 9.71 Å². The Balaban J connectivity index is 1.94. The Morgan fingerprint density at radius 2 is 1.91 bits per heavy atom. The quantitative estimate of drug-likeness (QED) is 0.847. The van der Waals surface area contributed by atoms with Gasteiger partial charge in [-0.2, -0.15) is 8.42 Å². The van der Waals surface area contributed by atoms with Crippen molar-refractivity contribution in [2.75, 3.05) is 0 Å². The number of aromatic amines is 1. The summed E-state index contributed by atoms with van der Waals surface area (Å²) in [6, 6.07) is 7.99. The second-order valence-corrected chi connectivity index (χ2v) is 7.36. The van der Waals surface area contributed by atoms with Crippen LogP contribution in [0.1, 0.15) is 43.0 Å². The van der Waals surface area contributed by atoms with Gasteiger partial charge in [-0.15, -0.1) is 0 Å². The van der Waals surface area contributed by atoms with Gasteiger partial charge in [0.1, 0.15) is 0 Å². The zero-order valence-electron chi connectivity index (χ0n) is 13.5. The number of aryl methyl sites for hydroxylation is 2. The molecule has 0 saturated heterocycles. The van der Waals surface area contributed by atoms with Crippen molar-refractivity contribution in [3.05, 3.63) is 47.4 Å². The summed E-state index contributed by atoms with van der Waals surface area (Å²) in [5, 5.41) is -0.146. The third-order valence-corrected chi connectivity index (χ3v) is 4.99. The number of H-pyrrole nitrogens is 1. The van der Waals surface area contributed by atoms with Gasteiger partial charge in [0.15, 0.2) is 5.03 Å². The molecular formula is C16H21N3O3S. The molecule has 6 nitrogen and oxygen atoms in total. The number of nitrogens with zero attached hydrogens (tertiary/aromatic N) is 1. The van der Waals surface area contributed by atoms with Crippen molar-refractivity contribution in [2.45, 2.75) is 44.6 Å². The lowest BCUT2D eigenvalue weighted by atomic mass is 10.0. The minimum Gasteiger partial charge on any atom is -0.348 e. The SMILES string of the molecule is Cc1[nH]cnc1S(=O)(=O)NC(=O)CCc1ccc(C(C)C)cc1. The molecule has 1 aromatic heterocycles. The second-order valence-electron chi connectivity index (χ2n) is 5.76. The van der Waals surface area contributed by atoms with Gasteiger partial charge < -0.3 is 4.98 Å². The van der Waals surface area contributed by atoms with E-state index in [-0.39, 0.29) is 11.4 Å². The molecule has 1 amide bonds. The van der Waals surface area contributed by atoms with E-state index in [2.05, 4.69) is 28.5 Å². The van der Waals surface area contributed by atoms with Crippen molar-refractivity contribution in [1.82, 2.24) is 14.7 Å². The van der Waals surface area contributed by atoms with E-state index >= 15 is 0 Å². The lowest BCUT2D eigenvalue weighted by molar-refractivity contribution is -0.119. The molecule has 1 aromatic carbocycles. The van der Waals surface area contributed by atoms with Gasteiger partial charge in [-0.3, -0.25) is 4.79 Å². The first-order chi connectivity index (χ1) is 10.8. The number of carbonyl (C=O) groups is 1. The standard InChI is InChI=1S/C16H21N3O3S/c1-11(2)14-7-4-13(5-8-14)6-9-15(20)19-23(21,22)16-12(3)17-10-18-16/h4-5,7-8,10-11H,6,9H2,1-3H3,(H,17,18)(H,19,20). The molecule has 0 spiro atoms. The fourth-order valence-corrected chi connectivity index (χ4v) is 3.35. The second kappa shape index (κ2) is 6.95. The molecule has 2 aromatic rings. The van der Waals surface area contributed by atoms with E-state index in [1.165, 1.54) is 11.9 Å². The molecule has 1 heterocycles. The van der Waals surface area contributed by atoms with E-state index < -0.39 is 15.9 Å². The highest BCUT2D eigenvalue weighted by molar-refractivity contribution is 7.90. The maximum absolute atomic E-state index is 12.0. The highest BCUT2D eigenvalue weighted by Crippen LogP contribution is 2.15. The molecule has 0 atom stereocenters. The van der Waals surface area contributed by atoms with Crippen molar-refractivity contribution in [2.24, 2.45) is 0 Å². The first kappa shape index (κ1) is 17.2. The maximum atomic E-state index is 12.0. The highest BCUT2D eigenvalue weighted by atomic mass is 32.2. The van der Waals surface area contributed by atoms with Crippen LogP contribution in [0.25, 0.3) is 0 Å². The average molecular weight is 335 g/mol. The summed E-state index contributed by atoms with van der Waals surface area (Å²) in [6.45, 7) is 5.82. The number of carbonyl (C=O) groups excluding carboxylic acids is 1. The van der Waals surface area contributed by atoms with Crippen LogP contribution in [0.2, 0.25) is 0 Å². The predicted molar refractivity (Wildman–Crippen MR) is 87.5 cm³/mol. The number of imidazole rings is 1. The Kier molecular flexibility index (Phi) is 5.20. The maximum Gasteiger partial charge on any atom is 0.283 e. The normalized spacial score (nSPS) is 11.7. The smallest absolute Gasteiger partial charge is 0.283 e. The topological polar surface area (TPSA) is 91.9 Å². The summed E-state index contributed by atoms with van der Waals surface area (Å²) in [4.78, 5) is 18.3. The van der Waals surface area contributed by atoms with E-state index in [9.17, 15) is 13.2 Å². The van der Waals surface area contributed by atoms with Crippen molar-refractivity contribution in [1.29, 1.82) is 0 Å². The summed E-state index contributed by atoms with van der Waals surface area (Å²) in [7, 11) is -3.91. The van der Waals surface area contributed by atoms with E-state index in [4.69, 9.17) is 0 Å². The van der Waals surface area contributed by atoms with Crippen LogP contribution in [-0.4, -0.2) is 24.3 Å². The summed E-state index contributed by atoms with van der Waals surface area (Å²) in [6.07, 6.45) is 1.87. The minimum atomic E-state index is -3.91. The lowest BCUT2D eigenvalue weighted by Crippen LogP contribution is -2.31. The van der Waals surface area contributed by atoms with Gasteiger partial charge in [0.05, 0.1) is 12.0 Å². The summed E-state index contributed by atoms with van der Waals surface area (Å²) < 4.78 is 26.1. The van der Waals surface area contributed by atoms with Gasteiger partial charge in [-0.05, 0) is 30.4 Å². The van der Waals surface area contributed by atoms with Crippen LogP contribution in [-0.2, 0) is 21.2 Å². The van der Waals surface area contributed by atoms with Crippen LogP contribution in [0.4, 0.5) is 0 Å². The zero-order valence-corrected chi connectivity index (χ0v) is 14.3. The Bertz CT molecular complexity index is 777. The third kappa shape index (κ3) is 4.41. The fourth-order valence-electron chi connectivity index (χ4n) is 2.19. The zero-order chi connectivity index (χ0) is 17.0. The predicted octanol–water partition coefficient (Wildman–Crippen LogP) is 2.28. The third-order valence-electron chi connectivity index (χ3n) is 3.57. The van der Waals surface area contributed by atoms with Crippen molar-refractivity contribution >= 4 is 15.9 Å². The number of rotatable bonds is 6. The summed E-state index contributed by atoms with van der Waals surface area (Å²) >= 11 is 0. The van der Waals surface area contributed by atoms with Gasteiger partial charge in [0.25, 0.3) is 10.0 Å². The molecule has 0 bridgehead atoms. The number of nitrogens with one attached hydrogen (secondary N) is 2. The highest BCUT2D eigenvalue weighted by Gasteiger charge is 2.21. The summed E-state index contributed by atoms with van der Waals surface area (Å²) in [5.74, 6) is -0.0880.